The zero-order chi connectivity index (χ0) is 19.2. The highest BCUT2D eigenvalue weighted by Crippen LogP contribution is 2.29. The fourth-order valence-electron chi connectivity index (χ4n) is 3.06. The van der Waals surface area contributed by atoms with Crippen LogP contribution in [0.1, 0.15) is 18.4 Å². The second-order valence-corrected chi connectivity index (χ2v) is 8.37. The fraction of sp³-hybridized carbons (Fsp3) is 0.350. The highest BCUT2D eigenvalue weighted by molar-refractivity contribution is 7.99. The normalized spacial score (nSPS) is 16.2. The summed E-state index contributed by atoms with van der Waals surface area (Å²) in [5, 5.41) is 20.6. The lowest BCUT2D eigenvalue weighted by atomic mass is 10.2. The van der Waals surface area contributed by atoms with E-state index in [9.17, 15) is 0 Å². The molecule has 1 fully saturated rings. The summed E-state index contributed by atoms with van der Waals surface area (Å²) in [4.78, 5) is 1.12. The molecule has 0 amide bonds. The molecule has 1 atom stereocenters. The van der Waals surface area contributed by atoms with Gasteiger partial charge in [-0.3, -0.25) is 4.57 Å². The summed E-state index contributed by atoms with van der Waals surface area (Å²) in [7, 11) is 0. The van der Waals surface area contributed by atoms with Crippen molar-refractivity contribution in [2.75, 3.05) is 19.0 Å². The Morgan fingerprint density at radius 1 is 1.29 bits per heavy atom. The molecule has 0 bridgehead atoms. The van der Waals surface area contributed by atoms with Gasteiger partial charge in [0.2, 0.25) is 0 Å². The van der Waals surface area contributed by atoms with Gasteiger partial charge in [0.25, 0.3) is 0 Å². The van der Waals surface area contributed by atoms with Gasteiger partial charge in [0.15, 0.2) is 11.0 Å². The molecule has 2 aromatic heterocycles. The summed E-state index contributed by atoms with van der Waals surface area (Å²) in [6, 6.07) is 13.4. The zero-order valence-electron chi connectivity index (χ0n) is 15.3. The van der Waals surface area contributed by atoms with Crippen LogP contribution >= 0.6 is 23.1 Å². The Balaban J connectivity index is 1.39. The second kappa shape index (κ2) is 9.24. The van der Waals surface area contributed by atoms with Crippen LogP contribution in [-0.2, 0) is 11.3 Å². The quantitative estimate of drug-likeness (QED) is 0.407. The predicted octanol–water partition coefficient (Wildman–Crippen LogP) is 4.23. The average Bonchev–Trinajstić information content (AvgIpc) is 3.49. The van der Waals surface area contributed by atoms with E-state index in [2.05, 4.69) is 32.3 Å². The number of thioether (sulfide) groups is 1. The molecule has 1 unspecified atom stereocenters. The number of nitriles is 1. The van der Waals surface area contributed by atoms with Crippen LogP contribution in [0.15, 0.2) is 46.9 Å². The maximum atomic E-state index is 8.85. The Morgan fingerprint density at radius 3 is 2.89 bits per heavy atom. The van der Waals surface area contributed by atoms with Crippen molar-refractivity contribution in [3.63, 3.8) is 0 Å². The van der Waals surface area contributed by atoms with Gasteiger partial charge in [0, 0.05) is 12.4 Å². The standard InChI is InChI=1S/C20H20N4O2S2/c21-13-15-5-7-16(8-6-15)26-10-12-28-20-23-22-19(18-4-2-11-27-18)24(20)14-17-3-1-9-25-17/h2,4-8,11,17H,1,3,9-10,12,14H2. The van der Waals surface area contributed by atoms with E-state index in [0.717, 1.165) is 53.4 Å². The third kappa shape index (κ3) is 4.55. The summed E-state index contributed by atoms with van der Waals surface area (Å²) < 4.78 is 13.8. The van der Waals surface area contributed by atoms with Gasteiger partial charge >= 0.3 is 0 Å². The molecule has 8 heteroatoms. The first-order chi connectivity index (χ1) is 13.8. The first kappa shape index (κ1) is 19.0. The largest absolute Gasteiger partial charge is 0.493 e. The first-order valence-electron chi connectivity index (χ1n) is 9.18. The number of thiophene rings is 1. The Labute approximate surface area is 172 Å². The van der Waals surface area contributed by atoms with E-state index in [4.69, 9.17) is 14.7 Å². The maximum absolute atomic E-state index is 8.85. The van der Waals surface area contributed by atoms with Crippen LogP contribution in [0.2, 0.25) is 0 Å². The van der Waals surface area contributed by atoms with Crippen molar-refractivity contribution in [1.29, 1.82) is 5.26 Å². The van der Waals surface area contributed by atoms with Gasteiger partial charge in [0.1, 0.15) is 5.75 Å². The van der Waals surface area contributed by atoms with Gasteiger partial charge < -0.3 is 9.47 Å². The number of hydrogen-bond donors (Lipinski definition) is 0. The predicted molar refractivity (Wildman–Crippen MR) is 110 cm³/mol. The minimum atomic E-state index is 0.226. The fourth-order valence-corrected chi connectivity index (χ4v) is 4.54. The monoisotopic (exact) mass is 412 g/mol. The van der Waals surface area contributed by atoms with Crippen molar-refractivity contribution in [3.8, 4) is 22.5 Å². The number of hydrogen-bond acceptors (Lipinski definition) is 7. The third-order valence-corrected chi connectivity index (χ3v) is 6.23. The summed E-state index contributed by atoms with van der Waals surface area (Å²) in [5.74, 6) is 2.43. The summed E-state index contributed by atoms with van der Waals surface area (Å²) in [6.07, 6.45) is 2.42. The van der Waals surface area contributed by atoms with Crippen molar-refractivity contribution in [2.45, 2.75) is 30.6 Å². The van der Waals surface area contributed by atoms with Crippen LogP contribution in [-0.4, -0.2) is 39.8 Å². The van der Waals surface area contributed by atoms with E-state index >= 15 is 0 Å². The Morgan fingerprint density at radius 2 is 2.18 bits per heavy atom. The van der Waals surface area contributed by atoms with E-state index < -0.39 is 0 Å². The molecule has 144 valence electrons. The van der Waals surface area contributed by atoms with Crippen molar-refractivity contribution >= 4 is 23.1 Å². The van der Waals surface area contributed by atoms with Crippen molar-refractivity contribution < 1.29 is 9.47 Å². The van der Waals surface area contributed by atoms with E-state index in [-0.39, 0.29) is 6.10 Å². The molecule has 1 aliphatic heterocycles. The van der Waals surface area contributed by atoms with Crippen molar-refractivity contribution in [3.05, 3.63) is 47.3 Å². The van der Waals surface area contributed by atoms with E-state index in [1.165, 1.54) is 0 Å². The highest BCUT2D eigenvalue weighted by atomic mass is 32.2. The molecule has 0 radical (unpaired) electrons. The molecule has 3 heterocycles. The molecular weight excluding hydrogens is 392 g/mol. The van der Waals surface area contributed by atoms with Crippen molar-refractivity contribution in [1.82, 2.24) is 14.8 Å². The minimum Gasteiger partial charge on any atom is -0.493 e. The molecule has 0 N–H and O–H groups in total. The van der Waals surface area contributed by atoms with Gasteiger partial charge in [-0.2, -0.15) is 5.26 Å². The Hall–Kier alpha value is -2.34. The van der Waals surface area contributed by atoms with Crippen LogP contribution in [0.4, 0.5) is 0 Å². The molecule has 3 aromatic rings. The van der Waals surface area contributed by atoms with Gasteiger partial charge in [-0.05, 0) is 48.6 Å². The molecule has 1 aromatic carbocycles. The number of ether oxygens (including phenoxy) is 2. The lowest BCUT2D eigenvalue weighted by Gasteiger charge is -2.14. The average molecular weight is 413 g/mol. The third-order valence-electron chi connectivity index (χ3n) is 4.44. The second-order valence-electron chi connectivity index (χ2n) is 6.36. The zero-order valence-corrected chi connectivity index (χ0v) is 16.9. The highest BCUT2D eigenvalue weighted by Gasteiger charge is 2.22. The molecule has 6 nitrogen and oxygen atoms in total. The van der Waals surface area contributed by atoms with E-state index in [0.29, 0.717) is 12.2 Å². The number of nitrogens with zero attached hydrogens (tertiary/aromatic N) is 4. The molecule has 0 aliphatic carbocycles. The van der Waals surface area contributed by atoms with Gasteiger partial charge in [-0.15, -0.1) is 21.5 Å². The number of aromatic nitrogens is 3. The van der Waals surface area contributed by atoms with Gasteiger partial charge in [-0.25, -0.2) is 0 Å². The molecule has 28 heavy (non-hydrogen) atoms. The summed E-state index contributed by atoms with van der Waals surface area (Å²) in [6.45, 7) is 2.17. The molecular formula is C20H20N4O2S2. The lowest BCUT2D eigenvalue weighted by Crippen LogP contribution is -2.16. The molecule has 4 rings (SSSR count). The summed E-state index contributed by atoms with van der Waals surface area (Å²) >= 11 is 3.31. The first-order valence-corrected chi connectivity index (χ1v) is 11.0. The molecule has 0 spiro atoms. The van der Waals surface area contributed by atoms with Crippen LogP contribution < -0.4 is 4.74 Å². The van der Waals surface area contributed by atoms with Gasteiger partial charge in [-0.1, -0.05) is 17.8 Å². The van der Waals surface area contributed by atoms with Crippen molar-refractivity contribution in [2.24, 2.45) is 0 Å². The SMILES string of the molecule is N#Cc1ccc(OCCSc2nnc(-c3cccs3)n2CC2CCCO2)cc1. The van der Waals surface area contributed by atoms with E-state index in [1.807, 2.05) is 18.2 Å². The summed E-state index contributed by atoms with van der Waals surface area (Å²) in [5.41, 5.74) is 0.630. The molecule has 1 saturated heterocycles. The number of rotatable bonds is 8. The van der Waals surface area contributed by atoms with Crippen LogP contribution in [0.25, 0.3) is 10.7 Å². The topological polar surface area (TPSA) is 73.0 Å². The molecule has 1 aliphatic rings. The van der Waals surface area contributed by atoms with Crippen LogP contribution in [0.3, 0.4) is 0 Å². The smallest absolute Gasteiger partial charge is 0.191 e. The Kier molecular flexibility index (Phi) is 6.27. The lowest BCUT2D eigenvalue weighted by molar-refractivity contribution is 0.0953. The minimum absolute atomic E-state index is 0.226. The Bertz CT molecular complexity index is 926. The molecule has 0 saturated carbocycles. The number of benzene rings is 1. The van der Waals surface area contributed by atoms with E-state index in [1.54, 1.807) is 35.2 Å². The van der Waals surface area contributed by atoms with Crippen LogP contribution in [0, 0.1) is 11.3 Å². The maximum Gasteiger partial charge on any atom is 0.191 e. The van der Waals surface area contributed by atoms with Crippen LogP contribution in [0.5, 0.6) is 5.75 Å². The van der Waals surface area contributed by atoms with Gasteiger partial charge in [0.05, 0.1) is 35.8 Å².